The average Bonchev–Trinajstić information content (AvgIpc) is 3.04. The van der Waals surface area contributed by atoms with Crippen LogP contribution in [0.5, 0.6) is 0 Å². The molecular formula is C19H19BrCl2N4O. The Balaban J connectivity index is 1.46. The first kappa shape index (κ1) is 18.0. The van der Waals surface area contributed by atoms with Gasteiger partial charge in [0.15, 0.2) is 0 Å². The summed E-state index contributed by atoms with van der Waals surface area (Å²) in [5, 5.41) is 8.59. The molecule has 1 heterocycles. The van der Waals surface area contributed by atoms with Crippen molar-refractivity contribution < 1.29 is 4.79 Å². The quantitative estimate of drug-likeness (QED) is 0.664. The zero-order chi connectivity index (χ0) is 18.8. The molecule has 0 aliphatic heterocycles. The Hall–Kier alpha value is -1.11. The van der Waals surface area contributed by atoms with Crippen molar-refractivity contribution in [3.8, 4) is 0 Å². The minimum absolute atomic E-state index is 0.0959. The molecular weight excluding hydrogens is 451 g/mol. The molecule has 0 spiro atoms. The second kappa shape index (κ2) is 6.19. The minimum Gasteiger partial charge on any atom is -0.326 e. The van der Waals surface area contributed by atoms with Crippen LogP contribution in [0, 0.1) is 17.3 Å². The van der Waals surface area contributed by atoms with Gasteiger partial charge in [0.05, 0.1) is 21.0 Å². The maximum Gasteiger partial charge on any atom is 0.230 e. The molecule has 1 amide bonds. The van der Waals surface area contributed by atoms with E-state index >= 15 is 0 Å². The van der Waals surface area contributed by atoms with E-state index in [9.17, 15) is 4.79 Å². The number of nitrogens with zero attached hydrogens (tertiary/aromatic N) is 3. The van der Waals surface area contributed by atoms with Crippen molar-refractivity contribution in [2.45, 2.75) is 44.1 Å². The molecule has 4 aliphatic carbocycles. The normalized spacial score (nSPS) is 34.0. The molecule has 2 aromatic rings. The van der Waals surface area contributed by atoms with Crippen molar-refractivity contribution >= 4 is 50.7 Å². The minimum atomic E-state index is -0.353. The van der Waals surface area contributed by atoms with Gasteiger partial charge in [-0.25, -0.2) is 9.67 Å². The number of rotatable bonds is 3. The van der Waals surface area contributed by atoms with Crippen LogP contribution < -0.4 is 5.32 Å². The summed E-state index contributed by atoms with van der Waals surface area (Å²) >= 11 is 15.5. The van der Waals surface area contributed by atoms with E-state index in [2.05, 4.69) is 31.3 Å². The van der Waals surface area contributed by atoms with Gasteiger partial charge in [-0.15, -0.1) is 5.10 Å². The number of hydrogen-bond acceptors (Lipinski definition) is 3. The number of carbonyl (C=O) groups is 1. The highest BCUT2D eigenvalue weighted by Crippen LogP contribution is 2.64. The van der Waals surface area contributed by atoms with E-state index in [0.717, 1.165) is 32.1 Å². The van der Waals surface area contributed by atoms with Crippen LogP contribution in [0.3, 0.4) is 0 Å². The van der Waals surface area contributed by atoms with Gasteiger partial charge in [-0.05, 0) is 84.5 Å². The van der Waals surface area contributed by atoms with Gasteiger partial charge in [0.2, 0.25) is 10.6 Å². The summed E-state index contributed by atoms with van der Waals surface area (Å²) in [5.41, 5.74) is 0.245. The average molecular weight is 470 g/mol. The highest BCUT2D eigenvalue weighted by atomic mass is 79.9. The largest absolute Gasteiger partial charge is 0.326 e. The lowest BCUT2D eigenvalue weighted by atomic mass is 9.46. The van der Waals surface area contributed by atoms with Crippen molar-refractivity contribution in [3.05, 3.63) is 39.3 Å². The van der Waals surface area contributed by atoms with Gasteiger partial charge in [0, 0.05) is 5.69 Å². The van der Waals surface area contributed by atoms with E-state index in [4.69, 9.17) is 23.2 Å². The fraction of sp³-hybridized carbons (Fsp3) is 0.526. The highest BCUT2D eigenvalue weighted by Gasteiger charge is 2.61. The maximum atomic E-state index is 13.4. The molecule has 4 aliphatic rings. The van der Waals surface area contributed by atoms with Gasteiger partial charge in [0.25, 0.3) is 0 Å². The summed E-state index contributed by atoms with van der Waals surface area (Å²) in [6.45, 7) is 0. The van der Waals surface area contributed by atoms with Crippen molar-refractivity contribution in [3.63, 3.8) is 0 Å². The molecule has 6 rings (SSSR count). The Morgan fingerprint density at radius 1 is 1.19 bits per heavy atom. The predicted molar refractivity (Wildman–Crippen MR) is 108 cm³/mol. The van der Waals surface area contributed by atoms with E-state index in [1.807, 2.05) is 11.0 Å². The van der Waals surface area contributed by atoms with Crippen LogP contribution in [-0.2, 0) is 10.3 Å². The fourth-order valence-corrected chi connectivity index (χ4v) is 6.62. The van der Waals surface area contributed by atoms with E-state index in [0.29, 0.717) is 32.3 Å². The van der Waals surface area contributed by atoms with Crippen LogP contribution in [0.1, 0.15) is 38.5 Å². The van der Waals surface area contributed by atoms with Gasteiger partial charge in [-0.2, -0.15) is 0 Å². The number of carbonyl (C=O) groups excluding carboxylic acids is 1. The zero-order valence-corrected chi connectivity index (χ0v) is 17.7. The molecule has 142 valence electrons. The van der Waals surface area contributed by atoms with Gasteiger partial charge < -0.3 is 5.32 Å². The number of halogens is 3. The second-order valence-corrected chi connectivity index (χ2v) is 10.0. The van der Waals surface area contributed by atoms with Crippen molar-refractivity contribution in [2.75, 3.05) is 5.32 Å². The molecule has 1 aromatic heterocycles. The molecule has 4 bridgehead atoms. The lowest BCUT2D eigenvalue weighted by molar-refractivity contribution is -0.150. The number of nitrogens with one attached hydrogen (secondary N) is 1. The molecule has 1 aromatic carbocycles. The summed E-state index contributed by atoms with van der Waals surface area (Å²) in [4.78, 5) is 17.7. The monoisotopic (exact) mass is 468 g/mol. The number of aromatic nitrogens is 3. The van der Waals surface area contributed by atoms with Crippen LogP contribution in [-0.4, -0.2) is 20.7 Å². The molecule has 4 fully saturated rings. The molecule has 5 nitrogen and oxygen atoms in total. The summed E-state index contributed by atoms with van der Waals surface area (Å²) < 4.78 is 2.61. The number of amides is 1. The Morgan fingerprint density at radius 2 is 1.93 bits per heavy atom. The number of hydrogen-bond donors (Lipinski definition) is 1. The number of anilines is 1. The Kier molecular flexibility index (Phi) is 4.12. The molecule has 4 saturated carbocycles. The summed E-state index contributed by atoms with van der Waals surface area (Å²) in [6.07, 6.45) is 7.92. The molecule has 2 atom stereocenters. The van der Waals surface area contributed by atoms with Crippen LogP contribution in [0.4, 0.5) is 5.69 Å². The predicted octanol–water partition coefficient (Wildman–Crippen LogP) is 5.28. The van der Waals surface area contributed by atoms with E-state index < -0.39 is 0 Å². The number of benzene rings is 1. The van der Waals surface area contributed by atoms with Crippen LogP contribution in [0.15, 0.2) is 29.3 Å². The van der Waals surface area contributed by atoms with Crippen molar-refractivity contribution in [1.29, 1.82) is 0 Å². The Morgan fingerprint density at radius 3 is 2.56 bits per heavy atom. The lowest BCUT2D eigenvalue weighted by Gasteiger charge is -2.60. The van der Waals surface area contributed by atoms with Gasteiger partial charge >= 0.3 is 0 Å². The van der Waals surface area contributed by atoms with Crippen molar-refractivity contribution in [1.82, 2.24) is 14.8 Å². The van der Waals surface area contributed by atoms with E-state index in [1.54, 1.807) is 18.2 Å². The summed E-state index contributed by atoms with van der Waals surface area (Å²) in [6, 6.07) is 5.23. The molecule has 0 radical (unpaired) electrons. The third kappa shape index (κ3) is 2.91. The first-order chi connectivity index (χ1) is 12.9. The standard InChI is InChI=1S/C19H19BrCl2N4O/c20-17-23-10-26(25-17)19-7-11-3-12(8-19)6-18(5-11,9-19)16(27)24-13-1-2-14(21)15(22)4-13/h1-2,4,10-12H,3,5-9H2,(H,24,27)/t11-,12-,18?,19?/m0/s1. The highest BCUT2D eigenvalue weighted by molar-refractivity contribution is 9.10. The van der Waals surface area contributed by atoms with E-state index in [-0.39, 0.29) is 16.9 Å². The van der Waals surface area contributed by atoms with Gasteiger partial charge in [0.1, 0.15) is 6.33 Å². The van der Waals surface area contributed by atoms with Crippen LogP contribution in [0.2, 0.25) is 10.0 Å². The van der Waals surface area contributed by atoms with Gasteiger partial charge in [-0.3, -0.25) is 4.79 Å². The van der Waals surface area contributed by atoms with Crippen molar-refractivity contribution in [2.24, 2.45) is 17.3 Å². The first-order valence-electron chi connectivity index (χ1n) is 9.22. The topological polar surface area (TPSA) is 59.8 Å². The summed E-state index contributed by atoms with van der Waals surface area (Å²) in [5.74, 6) is 1.22. The SMILES string of the molecule is O=C(Nc1ccc(Cl)c(Cl)c1)C12C[C@@H]3C[C@@H](C1)CC(n1cnc(Br)n1)(C3)C2. The molecule has 8 heteroatoms. The van der Waals surface area contributed by atoms with E-state index in [1.165, 1.54) is 6.42 Å². The molecule has 27 heavy (non-hydrogen) atoms. The smallest absolute Gasteiger partial charge is 0.230 e. The second-order valence-electron chi connectivity index (χ2n) is 8.51. The third-order valence-electron chi connectivity index (χ3n) is 6.64. The Labute approximate surface area is 175 Å². The van der Waals surface area contributed by atoms with Gasteiger partial charge in [-0.1, -0.05) is 23.2 Å². The van der Waals surface area contributed by atoms with Crippen LogP contribution in [0.25, 0.3) is 0 Å². The lowest BCUT2D eigenvalue weighted by Crippen LogP contribution is -2.60. The molecule has 0 unspecified atom stereocenters. The zero-order valence-electron chi connectivity index (χ0n) is 14.6. The Bertz CT molecular complexity index is 916. The molecule has 0 saturated heterocycles. The maximum absolute atomic E-state index is 13.4. The van der Waals surface area contributed by atoms with Crippen LogP contribution >= 0.6 is 39.1 Å². The molecule has 1 N–H and O–H groups in total. The fourth-order valence-electron chi connectivity index (χ4n) is 6.06. The summed E-state index contributed by atoms with van der Waals surface area (Å²) in [7, 11) is 0. The first-order valence-corrected chi connectivity index (χ1v) is 10.8. The third-order valence-corrected chi connectivity index (χ3v) is 7.74.